The molecule has 2 atom stereocenters. The predicted molar refractivity (Wildman–Crippen MR) is 106 cm³/mol. The van der Waals surface area contributed by atoms with Gasteiger partial charge in [0.05, 0.1) is 0 Å². The predicted octanol–water partition coefficient (Wildman–Crippen LogP) is 1.35. The topological polar surface area (TPSA) is 87.3 Å². The molecule has 0 radical (unpaired) electrons. The van der Waals surface area contributed by atoms with Gasteiger partial charge in [0.15, 0.2) is 0 Å². The average Bonchev–Trinajstić information content (AvgIpc) is 2.71. The van der Waals surface area contributed by atoms with Crippen LogP contribution in [0, 0.1) is 0 Å². The first kappa shape index (κ1) is 19.6. The van der Waals surface area contributed by atoms with Gasteiger partial charge in [-0.15, -0.1) is 0 Å². The fraction of sp³-hybridized carbons (Fsp3) is 0.318. The van der Waals surface area contributed by atoms with Gasteiger partial charge in [-0.3, -0.25) is 14.4 Å². The molecule has 1 fully saturated rings. The second kappa shape index (κ2) is 9.69. The summed E-state index contributed by atoms with van der Waals surface area (Å²) in [6.07, 6.45) is 1.68. The van der Waals surface area contributed by atoms with Crippen LogP contribution in [0.3, 0.4) is 0 Å². The fourth-order valence-electron chi connectivity index (χ4n) is 3.23. The Morgan fingerprint density at radius 2 is 1.39 bits per heavy atom. The summed E-state index contributed by atoms with van der Waals surface area (Å²) in [6.45, 7) is 0.547. The molecule has 0 bridgehead atoms. The van der Waals surface area contributed by atoms with Crippen molar-refractivity contribution in [1.82, 2.24) is 16.0 Å². The molecule has 1 heterocycles. The molecule has 1 aliphatic rings. The maximum Gasteiger partial charge on any atom is 0.243 e. The summed E-state index contributed by atoms with van der Waals surface area (Å²) >= 11 is 0. The lowest BCUT2D eigenvalue weighted by atomic mass is 10.00. The number of carbonyl (C=O) groups is 3. The van der Waals surface area contributed by atoms with Crippen molar-refractivity contribution >= 4 is 17.7 Å². The highest BCUT2D eigenvalue weighted by Crippen LogP contribution is 2.09. The standard InChI is InChI=1S/C22H25N3O3/c26-20(23-14-13-16-7-3-1-4-8-16)12-11-18-21(27)25-19(22(28)24-18)15-17-9-5-2-6-10-17/h1-10,18-19H,11-15H2,(H,23,26)(H,24,28)(H,25,27)/t18-,19-/m0/s1. The van der Waals surface area contributed by atoms with E-state index in [0.29, 0.717) is 13.0 Å². The Morgan fingerprint density at radius 3 is 2.07 bits per heavy atom. The lowest BCUT2D eigenvalue weighted by Crippen LogP contribution is -2.62. The van der Waals surface area contributed by atoms with E-state index in [9.17, 15) is 14.4 Å². The highest BCUT2D eigenvalue weighted by Gasteiger charge is 2.33. The van der Waals surface area contributed by atoms with Gasteiger partial charge in [0, 0.05) is 19.4 Å². The quantitative estimate of drug-likeness (QED) is 0.647. The van der Waals surface area contributed by atoms with Gasteiger partial charge in [-0.2, -0.15) is 0 Å². The van der Waals surface area contributed by atoms with E-state index in [1.165, 1.54) is 0 Å². The molecule has 0 spiro atoms. The molecular formula is C22H25N3O3. The maximum absolute atomic E-state index is 12.3. The summed E-state index contributed by atoms with van der Waals surface area (Å²) in [6, 6.07) is 18.2. The second-order valence-electron chi connectivity index (χ2n) is 6.94. The van der Waals surface area contributed by atoms with Gasteiger partial charge in [0.25, 0.3) is 0 Å². The normalized spacial score (nSPS) is 18.9. The van der Waals surface area contributed by atoms with E-state index in [4.69, 9.17) is 0 Å². The van der Waals surface area contributed by atoms with Crippen LogP contribution in [0.1, 0.15) is 24.0 Å². The first-order valence-electron chi connectivity index (χ1n) is 9.57. The Morgan fingerprint density at radius 1 is 0.821 bits per heavy atom. The molecule has 2 aromatic rings. The summed E-state index contributed by atoms with van der Waals surface area (Å²) < 4.78 is 0. The van der Waals surface area contributed by atoms with Gasteiger partial charge < -0.3 is 16.0 Å². The molecule has 28 heavy (non-hydrogen) atoms. The first-order valence-corrected chi connectivity index (χ1v) is 9.57. The van der Waals surface area contributed by atoms with Crippen molar-refractivity contribution in [1.29, 1.82) is 0 Å². The monoisotopic (exact) mass is 379 g/mol. The summed E-state index contributed by atoms with van der Waals surface area (Å²) in [5.74, 6) is -0.569. The summed E-state index contributed by atoms with van der Waals surface area (Å²) in [5, 5.41) is 8.37. The van der Waals surface area contributed by atoms with Gasteiger partial charge in [-0.05, 0) is 24.0 Å². The molecule has 1 aliphatic heterocycles. The number of hydrogen-bond acceptors (Lipinski definition) is 3. The molecule has 6 heteroatoms. The van der Waals surface area contributed by atoms with Crippen LogP contribution in [0.4, 0.5) is 0 Å². The summed E-state index contributed by atoms with van der Waals surface area (Å²) in [4.78, 5) is 36.6. The van der Waals surface area contributed by atoms with Crippen LogP contribution in [0.5, 0.6) is 0 Å². The molecule has 0 aliphatic carbocycles. The van der Waals surface area contributed by atoms with Crippen LogP contribution < -0.4 is 16.0 Å². The van der Waals surface area contributed by atoms with Crippen molar-refractivity contribution in [2.75, 3.05) is 6.54 Å². The number of amides is 3. The first-order chi connectivity index (χ1) is 13.6. The smallest absolute Gasteiger partial charge is 0.243 e. The van der Waals surface area contributed by atoms with Crippen molar-refractivity contribution < 1.29 is 14.4 Å². The van der Waals surface area contributed by atoms with E-state index in [0.717, 1.165) is 17.5 Å². The number of piperazine rings is 1. The van der Waals surface area contributed by atoms with Crippen molar-refractivity contribution in [2.45, 2.75) is 37.8 Å². The van der Waals surface area contributed by atoms with E-state index >= 15 is 0 Å². The minimum absolute atomic E-state index is 0.121. The van der Waals surface area contributed by atoms with Crippen LogP contribution in [-0.2, 0) is 27.2 Å². The van der Waals surface area contributed by atoms with Crippen molar-refractivity contribution in [3.63, 3.8) is 0 Å². The Balaban J connectivity index is 1.39. The Kier molecular flexibility index (Phi) is 6.78. The van der Waals surface area contributed by atoms with Crippen LogP contribution in [0.25, 0.3) is 0 Å². The lowest BCUT2D eigenvalue weighted by molar-refractivity contribution is -0.137. The Bertz CT molecular complexity index is 808. The van der Waals surface area contributed by atoms with Gasteiger partial charge in [0.2, 0.25) is 17.7 Å². The Labute approximate surface area is 164 Å². The number of nitrogens with one attached hydrogen (secondary N) is 3. The Hall–Kier alpha value is -3.15. The third-order valence-electron chi connectivity index (χ3n) is 4.79. The molecule has 3 amide bonds. The van der Waals surface area contributed by atoms with Crippen LogP contribution in [0.2, 0.25) is 0 Å². The molecular weight excluding hydrogens is 354 g/mol. The minimum atomic E-state index is -0.667. The zero-order chi connectivity index (χ0) is 19.8. The maximum atomic E-state index is 12.3. The molecule has 3 N–H and O–H groups in total. The molecule has 3 rings (SSSR count). The van der Waals surface area contributed by atoms with E-state index < -0.39 is 12.1 Å². The fourth-order valence-corrected chi connectivity index (χ4v) is 3.23. The number of rotatable bonds is 8. The summed E-state index contributed by atoms with van der Waals surface area (Å²) in [7, 11) is 0. The SMILES string of the molecule is O=C(CC[C@@H]1NC(=O)[C@H](Cc2ccccc2)NC1=O)NCCc1ccccc1. The van der Waals surface area contributed by atoms with Crippen LogP contribution in [-0.4, -0.2) is 36.3 Å². The number of benzene rings is 2. The second-order valence-corrected chi connectivity index (χ2v) is 6.94. The molecule has 2 aromatic carbocycles. The lowest BCUT2D eigenvalue weighted by Gasteiger charge is -2.29. The molecule has 0 aromatic heterocycles. The van der Waals surface area contributed by atoms with Crippen LogP contribution >= 0.6 is 0 Å². The van der Waals surface area contributed by atoms with Gasteiger partial charge >= 0.3 is 0 Å². The molecule has 0 saturated carbocycles. The van der Waals surface area contributed by atoms with E-state index in [-0.39, 0.29) is 30.6 Å². The highest BCUT2D eigenvalue weighted by molar-refractivity contribution is 5.97. The van der Waals surface area contributed by atoms with Crippen molar-refractivity contribution in [3.8, 4) is 0 Å². The summed E-state index contributed by atoms with van der Waals surface area (Å²) in [5.41, 5.74) is 2.14. The molecule has 0 unspecified atom stereocenters. The van der Waals surface area contributed by atoms with E-state index in [1.54, 1.807) is 0 Å². The third kappa shape index (κ3) is 5.67. The van der Waals surface area contributed by atoms with E-state index in [1.807, 2.05) is 60.7 Å². The average molecular weight is 379 g/mol. The van der Waals surface area contributed by atoms with Crippen molar-refractivity contribution in [2.24, 2.45) is 0 Å². The number of hydrogen-bond donors (Lipinski definition) is 3. The van der Waals surface area contributed by atoms with Gasteiger partial charge in [-0.25, -0.2) is 0 Å². The minimum Gasteiger partial charge on any atom is -0.356 e. The third-order valence-corrected chi connectivity index (χ3v) is 4.79. The molecule has 146 valence electrons. The van der Waals surface area contributed by atoms with Crippen LogP contribution in [0.15, 0.2) is 60.7 Å². The zero-order valence-corrected chi connectivity index (χ0v) is 15.7. The van der Waals surface area contributed by atoms with E-state index in [2.05, 4.69) is 16.0 Å². The highest BCUT2D eigenvalue weighted by atomic mass is 16.2. The van der Waals surface area contributed by atoms with Crippen molar-refractivity contribution in [3.05, 3.63) is 71.8 Å². The van der Waals surface area contributed by atoms with Gasteiger partial charge in [0.1, 0.15) is 12.1 Å². The van der Waals surface area contributed by atoms with Gasteiger partial charge in [-0.1, -0.05) is 60.7 Å². The molecule has 1 saturated heterocycles. The molecule has 6 nitrogen and oxygen atoms in total. The zero-order valence-electron chi connectivity index (χ0n) is 15.7. The largest absolute Gasteiger partial charge is 0.356 e. The number of carbonyl (C=O) groups excluding carboxylic acids is 3.